The average molecular weight is 320 g/mol. The number of pyridine rings is 1. The van der Waals surface area contributed by atoms with E-state index in [0.29, 0.717) is 0 Å². The summed E-state index contributed by atoms with van der Waals surface area (Å²) in [4.78, 5) is 21.3. The highest BCUT2D eigenvalue weighted by Crippen LogP contribution is 2.22. The number of carbonyl (C=O) groups is 1. The molecule has 2 aromatic heterocycles. The Balaban J connectivity index is 1.52. The lowest BCUT2D eigenvalue weighted by molar-refractivity contribution is 0.0749. The fourth-order valence-electron chi connectivity index (χ4n) is 3.38. The summed E-state index contributed by atoms with van der Waals surface area (Å²) in [6, 6.07) is 12.0. The smallest absolute Gasteiger partial charge is 0.254 e. The van der Waals surface area contributed by atoms with Crippen molar-refractivity contribution in [1.82, 2.24) is 14.5 Å². The van der Waals surface area contributed by atoms with Crippen LogP contribution in [0.5, 0.6) is 0 Å². The van der Waals surface area contributed by atoms with E-state index in [-0.39, 0.29) is 5.91 Å². The summed E-state index contributed by atoms with van der Waals surface area (Å²) in [7, 11) is 2.00. The average Bonchev–Trinajstić information content (AvgIpc) is 3.03. The van der Waals surface area contributed by atoms with E-state index in [2.05, 4.69) is 9.88 Å². The number of aromatic nitrogens is 2. The van der Waals surface area contributed by atoms with E-state index in [4.69, 9.17) is 0 Å². The summed E-state index contributed by atoms with van der Waals surface area (Å²) in [5.41, 5.74) is 3.06. The third-order valence-electron chi connectivity index (χ3n) is 4.75. The molecular formula is C19H20N4O. The van der Waals surface area contributed by atoms with Gasteiger partial charge >= 0.3 is 0 Å². The van der Waals surface area contributed by atoms with Crippen LogP contribution in [-0.4, -0.2) is 46.5 Å². The van der Waals surface area contributed by atoms with Crippen LogP contribution >= 0.6 is 0 Å². The van der Waals surface area contributed by atoms with Crippen molar-refractivity contribution in [3.8, 4) is 0 Å². The number of nitrogens with zero attached hydrogens (tertiary/aromatic N) is 4. The zero-order valence-corrected chi connectivity index (χ0v) is 13.7. The van der Waals surface area contributed by atoms with Gasteiger partial charge in [-0.2, -0.15) is 0 Å². The predicted molar refractivity (Wildman–Crippen MR) is 95.3 cm³/mol. The molecule has 0 unspecified atom stereocenters. The first kappa shape index (κ1) is 14.8. The zero-order chi connectivity index (χ0) is 16.5. The molecule has 0 bridgehead atoms. The molecule has 1 aliphatic rings. The minimum Gasteiger partial charge on any atom is -0.368 e. The summed E-state index contributed by atoms with van der Waals surface area (Å²) < 4.78 is 2.05. The second-order valence-electron chi connectivity index (χ2n) is 6.15. The molecule has 3 aromatic rings. The summed E-state index contributed by atoms with van der Waals surface area (Å²) in [5, 5.41) is 1.03. The Hall–Kier alpha value is -2.82. The second kappa shape index (κ2) is 6.00. The standard InChI is InChI=1S/C19H20N4O/c1-21-10-7-16-17(3-2-4-18(16)21)19(24)23-13-11-22(12-14-23)15-5-8-20-9-6-15/h2-10H,11-14H2,1H3. The van der Waals surface area contributed by atoms with Crippen molar-refractivity contribution in [2.45, 2.75) is 0 Å². The number of carbonyl (C=O) groups excluding carboxylic acids is 1. The number of aryl methyl sites for hydroxylation is 1. The van der Waals surface area contributed by atoms with Crippen LogP contribution in [0.1, 0.15) is 10.4 Å². The summed E-state index contributed by atoms with van der Waals surface area (Å²) >= 11 is 0. The van der Waals surface area contributed by atoms with E-state index in [1.165, 1.54) is 5.69 Å². The van der Waals surface area contributed by atoms with Crippen LogP contribution in [0.25, 0.3) is 10.9 Å². The summed E-state index contributed by atoms with van der Waals surface area (Å²) in [5.74, 6) is 0.126. The third-order valence-corrected chi connectivity index (χ3v) is 4.75. The van der Waals surface area contributed by atoms with Crippen molar-refractivity contribution in [2.24, 2.45) is 7.05 Å². The summed E-state index contributed by atoms with van der Waals surface area (Å²) in [6.45, 7) is 3.18. The highest BCUT2D eigenvalue weighted by atomic mass is 16.2. The fraction of sp³-hybridized carbons (Fsp3) is 0.263. The van der Waals surface area contributed by atoms with Crippen LogP contribution < -0.4 is 4.90 Å². The highest BCUT2D eigenvalue weighted by molar-refractivity contribution is 6.06. The lowest BCUT2D eigenvalue weighted by Gasteiger charge is -2.36. The Morgan fingerprint density at radius 3 is 2.50 bits per heavy atom. The van der Waals surface area contributed by atoms with Crippen LogP contribution in [0.2, 0.25) is 0 Å². The molecule has 122 valence electrons. The maximum Gasteiger partial charge on any atom is 0.254 e. The Morgan fingerprint density at radius 1 is 1.00 bits per heavy atom. The first-order valence-electron chi connectivity index (χ1n) is 8.22. The van der Waals surface area contributed by atoms with Gasteiger partial charge in [-0.25, -0.2) is 0 Å². The topological polar surface area (TPSA) is 41.4 Å². The molecule has 0 radical (unpaired) electrons. The number of amides is 1. The van der Waals surface area contributed by atoms with Gasteiger partial charge in [0.2, 0.25) is 0 Å². The van der Waals surface area contributed by atoms with Crippen molar-refractivity contribution in [3.05, 3.63) is 60.6 Å². The van der Waals surface area contributed by atoms with E-state index in [1.807, 2.05) is 71.5 Å². The molecule has 0 aliphatic carbocycles. The molecule has 0 N–H and O–H groups in total. The van der Waals surface area contributed by atoms with Crippen molar-refractivity contribution in [1.29, 1.82) is 0 Å². The van der Waals surface area contributed by atoms with Crippen LogP contribution in [0, 0.1) is 0 Å². The van der Waals surface area contributed by atoms with Gasteiger partial charge in [0.1, 0.15) is 0 Å². The monoisotopic (exact) mass is 320 g/mol. The number of anilines is 1. The number of rotatable bonds is 2. The fourth-order valence-corrected chi connectivity index (χ4v) is 3.38. The van der Waals surface area contributed by atoms with E-state index in [0.717, 1.165) is 42.6 Å². The first-order valence-corrected chi connectivity index (χ1v) is 8.22. The molecular weight excluding hydrogens is 300 g/mol. The molecule has 4 rings (SSSR count). The van der Waals surface area contributed by atoms with Gasteiger partial charge in [0.25, 0.3) is 5.91 Å². The second-order valence-corrected chi connectivity index (χ2v) is 6.15. The minimum absolute atomic E-state index is 0.126. The molecule has 5 heteroatoms. The van der Waals surface area contributed by atoms with E-state index < -0.39 is 0 Å². The van der Waals surface area contributed by atoms with Crippen LogP contribution in [0.15, 0.2) is 55.0 Å². The molecule has 24 heavy (non-hydrogen) atoms. The number of hydrogen-bond acceptors (Lipinski definition) is 3. The SMILES string of the molecule is Cn1ccc2c(C(=O)N3CCN(c4ccncc4)CC3)cccc21. The maximum atomic E-state index is 13.0. The normalized spacial score (nSPS) is 15.0. The van der Waals surface area contributed by atoms with Gasteiger partial charge in [0.15, 0.2) is 0 Å². The van der Waals surface area contributed by atoms with Gasteiger partial charge < -0.3 is 14.4 Å². The highest BCUT2D eigenvalue weighted by Gasteiger charge is 2.23. The van der Waals surface area contributed by atoms with Crippen molar-refractivity contribution in [3.63, 3.8) is 0 Å². The largest absolute Gasteiger partial charge is 0.368 e. The Morgan fingerprint density at radius 2 is 1.75 bits per heavy atom. The van der Waals surface area contributed by atoms with Crippen LogP contribution in [0.3, 0.4) is 0 Å². The quantitative estimate of drug-likeness (QED) is 0.728. The number of benzene rings is 1. The zero-order valence-electron chi connectivity index (χ0n) is 13.7. The van der Waals surface area contributed by atoms with Crippen molar-refractivity contribution < 1.29 is 4.79 Å². The molecule has 1 saturated heterocycles. The number of fused-ring (bicyclic) bond motifs is 1. The Labute approximate surface area is 141 Å². The lowest BCUT2D eigenvalue weighted by atomic mass is 10.1. The molecule has 0 spiro atoms. The maximum absolute atomic E-state index is 13.0. The van der Waals surface area contributed by atoms with E-state index in [9.17, 15) is 4.79 Å². The van der Waals surface area contributed by atoms with Crippen molar-refractivity contribution in [2.75, 3.05) is 31.1 Å². The lowest BCUT2D eigenvalue weighted by Crippen LogP contribution is -2.48. The minimum atomic E-state index is 0.126. The number of hydrogen-bond donors (Lipinski definition) is 0. The van der Waals surface area contributed by atoms with Crippen LogP contribution in [0.4, 0.5) is 5.69 Å². The molecule has 1 fully saturated rings. The van der Waals surface area contributed by atoms with Gasteiger partial charge in [-0.05, 0) is 30.3 Å². The molecule has 1 aliphatic heterocycles. The van der Waals surface area contributed by atoms with Crippen molar-refractivity contribution >= 4 is 22.5 Å². The predicted octanol–water partition coefficient (Wildman–Crippen LogP) is 2.54. The summed E-state index contributed by atoms with van der Waals surface area (Å²) in [6.07, 6.45) is 5.62. The van der Waals surface area contributed by atoms with Gasteiger partial charge in [-0.1, -0.05) is 6.07 Å². The van der Waals surface area contributed by atoms with Gasteiger partial charge in [-0.3, -0.25) is 9.78 Å². The van der Waals surface area contributed by atoms with Crippen LogP contribution in [-0.2, 0) is 7.05 Å². The number of piperazine rings is 1. The van der Waals surface area contributed by atoms with E-state index >= 15 is 0 Å². The van der Waals surface area contributed by atoms with Gasteiger partial charge in [0.05, 0.1) is 0 Å². The molecule has 0 atom stereocenters. The molecule has 3 heterocycles. The Bertz CT molecular complexity index is 863. The molecule has 5 nitrogen and oxygen atoms in total. The third kappa shape index (κ3) is 2.52. The van der Waals surface area contributed by atoms with Gasteiger partial charge in [0, 0.05) is 74.0 Å². The van der Waals surface area contributed by atoms with E-state index in [1.54, 1.807) is 0 Å². The molecule has 1 amide bonds. The first-order chi connectivity index (χ1) is 11.7. The van der Waals surface area contributed by atoms with Gasteiger partial charge in [-0.15, -0.1) is 0 Å². The molecule has 0 saturated carbocycles. The Kier molecular flexibility index (Phi) is 3.69. The molecule has 1 aromatic carbocycles.